The third kappa shape index (κ3) is 3.85. The second-order valence-electron chi connectivity index (χ2n) is 5.87. The SMILES string of the molecule is COc1ccccc1C(=O)Nc1ccc(CC2CC(=O)NC2=O)cc1. The van der Waals surface area contributed by atoms with Gasteiger partial charge in [0.25, 0.3) is 5.91 Å². The number of anilines is 1. The van der Waals surface area contributed by atoms with E-state index in [2.05, 4.69) is 10.6 Å². The molecule has 1 saturated heterocycles. The van der Waals surface area contributed by atoms with E-state index in [0.717, 1.165) is 5.56 Å². The standard InChI is InChI=1S/C19H18N2O4/c1-25-16-5-3-2-4-15(16)19(24)20-14-8-6-12(7-9-14)10-13-11-17(22)21-18(13)23/h2-9,13H,10-11H2,1H3,(H,20,24)(H,21,22,23). The van der Waals surface area contributed by atoms with Gasteiger partial charge >= 0.3 is 0 Å². The minimum Gasteiger partial charge on any atom is -0.496 e. The van der Waals surface area contributed by atoms with Crippen LogP contribution in [0.3, 0.4) is 0 Å². The van der Waals surface area contributed by atoms with E-state index in [1.807, 2.05) is 12.1 Å². The molecule has 1 aliphatic heterocycles. The van der Waals surface area contributed by atoms with Crippen molar-refractivity contribution in [3.8, 4) is 5.75 Å². The van der Waals surface area contributed by atoms with E-state index < -0.39 is 0 Å². The number of carbonyl (C=O) groups excluding carboxylic acids is 3. The van der Waals surface area contributed by atoms with Crippen LogP contribution >= 0.6 is 0 Å². The predicted molar refractivity (Wildman–Crippen MR) is 92.3 cm³/mol. The second-order valence-corrected chi connectivity index (χ2v) is 5.87. The summed E-state index contributed by atoms with van der Waals surface area (Å²) in [5, 5.41) is 5.12. The number of imide groups is 1. The zero-order valence-electron chi connectivity index (χ0n) is 13.7. The Morgan fingerprint density at radius 3 is 2.52 bits per heavy atom. The van der Waals surface area contributed by atoms with Gasteiger partial charge in [-0.25, -0.2) is 0 Å². The van der Waals surface area contributed by atoms with E-state index in [4.69, 9.17) is 4.74 Å². The van der Waals surface area contributed by atoms with Gasteiger partial charge in [0.05, 0.1) is 18.6 Å². The number of ether oxygens (including phenoxy) is 1. The molecular formula is C19H18N2O4. The maximum Gasteiger partial charge on any atom is 0.259 e. The van der Waals surface area contributed by atoms with Gasteiger partial charge in [0.1, 0.15) is 5.75 Å². The highest BCUT2D eigenvalue weighted by atomic mass is 16.5. The lowest BCUT2D eigenvalue weighted by Gasteiger charge is -2.10. The normalized spacial score (nSPS) is 16.4. The molecule has 6 heteroatoms. The van der Waals surface area contributed by atoms with Gasteiger partial charge in [0, 0.05) is 12.1 Å². The van der Waals surface area contributed by atoms with Crippen molar-refractivity contribution < 1.29 is 19.1 Å². The summed E-state index contributed by atoms with van der Waals surface area (Å²) >= 11 is 0. The van der Waals surface area contributed by atoms with Gasteiger partial charge in [-0.05, 0) is 36.2 Å². The molecular weight excluding hydrogens is 320 g/mol. The summed E-state index contributed by atoms with van der Waals surface area (Å²) in [5.41, 5.74) is 2.03. The first-order valence-electron chi connectivity index (χ1n) is 7.94. The molecule has 6 nitrogen and oxygen atoms in total. The highest BCUT2D eigenvalue weighted by molar-refractivity contribution is 6.06. The zero-order chi connectivity index (χ0) is 17.8. The van der Waals surface area contributed by atoms with E-state index >= 15 is 0 Å². The molecule has 2 aromatic carbocycles. The van der Waals surface area contributed by atoms with Gasteiger partial charge in [0.15, 0.2) is 0 Å². The maximum atomic E-state index is 12.4. The Labute approximate surface area is 145 Å². The third-order valence-electron chi connectivity index (χ3n) is 4.11. The average Bonchev–Trinajstić information content (AvgIpc) is 2.93. The summed E-state index contributed by atoms with van der Waals surface area (Å²) in [5.74, 6) is -0.518. The molecule has 0 saturated carbocycles. The van der Waals surface area contributed by atoms with Crippen molar-refractivity contribution >= 4 is 23.4 Å². The predicted octanol–water partition coefficient (Wildman–Crippen LogP) is 2.15. The topological polar surface area (TPSA) is 84.5 Å². The minimum absolute atomic E-state index is 0.224. The Balaban J connectivity index is 1.65. The van der Waals surface area contributed by atoms with Crippen molar-refractivity contribution in [2.45, 2.75) is 12.8 Å². The van der Waals surface area contributed by atoms with Crippen LogP contribution in [0.5, 0.6) is 5.75 Å². The summed E-state index contributed by atoms with van der Waals surface area (Å²) in [7, 11) is 1.52. The fourth-order valence-electron chi connectivity index (χ4n) is 2.81. The smallest absolute Gasteiger partial charge is 0.259 e. The first-order chi connectivity index (χ1) is 12.1. The molecule has 1 fully saturated rings. The van der Waals surface area contributed by atoms with Crippen LogP contribution in [-0.2, 0) is 16.0 Å². The zero-order valence-corrected chi connectivity index (χ0v) is 13.7. The Morgan fingerprint density at radius 1 is 1.16 bits per heavy atom. The number of benzene rings is 2. The number of nitrogens with one attached hydrogen (secondary N) is 2. The highest BCUT2D eigenvalue weighted by Crippen LogP contribution is 2.21. The number of hydrogen-bond donors (Lipinski definition) is 2. The van der Waals surface area contributed by atoms with Crippen molar-refractivity contribution in [1.29, 1.82) is 0 Å². The number of rotatable bonds is 5. The third-order valence-corrected chi connectivity index (χ3v) is 4.11. The number of methoxy groups -OCH3 is 1. The molecule has 0 spiro atoms. The van der Waals surface area contributed by atoms with Gasteiger partial charge in [0.2, 0.25) is 11.8 Å². The first kappa shape index (κ1) is 16.7. The molecule has 0 aliphatic carbocycles. The van der Waals surface area contributed by atoms with Crippen LogP contribution in [-0.4, -0.2) is 24.8 Å². The van der Waals surface area contributed by atoms with E-state index in [9.17, 15) is 14.4 Å². The van der Waals surface area contributed by atoms with Crippen molar-refractivity contribution in [1.82, 2.24) is 5.32 Å². The Morgan fingerprint density at radius 2 is 1.88 bits per heavy atom. The summed E-state index contributed by atoms with van der Waals surface area (Å²) in [6.45, 7) is 0. The van der Waals surface area contributed by atoms with Crippen LogP contribution in [0.2, 0.25) is 0 Å². The molecule has 1 unspecified atom stereocenters. The Bertz CT molecular complexity index is 814. The molecule has 0 radical (unpaired) electrons. The average molecular weight is 338 g/mol. The molecule has 0 bridgehead atoms. The lowest BCUT2D eigenvalue weighted by Crippen LogP contribution is -2.22. The van der Waals surface area contributed by atoms with Crippen LogP contribution in [0, 0.1) is 5.92 Å². The number of carbonyl (C=O) groups is 3. The maximum absolute atomic E-state index is 12.4. The van der Waals surface area contributed by atoms with E-state index in [-0.39, 0.29) is 30.1 Å². The van der Waals surface area contributed by atoms with Crippen molar-refractivity contribution in [2.75, 3.05) is 12.4 Å². The first-order valence-corrected chi connectivity index (χ1v) is 7.94. The Kier molecular flexibility index (Phi) is 4.79. The van der Waals surface area contributed by atoms with Gasteiger partial charge in [-0.1, -0.05) is 24.3 Å². The summed E-state index contributed by atoms with van der Waals surface area (Å²) in [6.07, 6.45) is 0.726. The van der Waals surface area contributed by atoms with Crippen LogP contribution in [0.25, 0.3) is 0 Å². The molecule has 1 heterocycles. The van der Waals surface area contributed by atoms with Crippen LogP contribution in [0.1, 0.15) is 22.3 Å². The van der Waals surface area contributed by atoms with Gasteiger partial charge < -0.3 is 10.1 Å². The largest absolute Gasteiger partial charge is 0.496 e. The Hall–Kier alpha value is -3.15. The fraction of sp³-hybridized carbons (Fsp3) is 0.211. The van der Waals surface area contributed by atoms with Crippen molar-refractivity contribution in [2.24, 2.45) is 5.92 Å². The molecule has 2 aromatic rings. The van der Waals surface area contributed by atoms with Gasteiger partial charge in [-0.15, -0.1) is 0 Å². The number of amides is 3. The van der Waals surface area contributed by atoms with Gasteiger partial charge in [-0.2, -0.15) is 0 Å². The summed E-state index contributed by atoms with van der Waals surface area (Å²) in [4.78, 5) is 35.2. The lowest BCUT2D eigenvalue weighted by atomic mass is 9.98. The van der Waals surface area contributed by atoms with E-state index in [1.165, 1.54) is 7.11 Å². The molecule has 0 aromatic heterocycles. The van der Waals surface area contributed by atoms with Crippen LogP contribution in [0.4, 0.5) is 5.69 Å². The molecule has 1 aliphatic rings. The van der Waals surface area contributed by atoms with Gasteiger partial charge in [-0.3, -0.25) is 19.7 Å². The van der Waals surface area contributed by atoms with E-state index in [1.54, 1.807) is 36.4 Å². The second kappa shape index (κ2) is 7.17. The number of hydrogen-bond acceptors (Lipinski definition) is 4. The van der Waals surface area contributed by atoms with Crippen molar-refractivity contribution in [3.63, 3.8) is 0 Å². The molecule has 128 valence electrons. The highest BCUT2D eigenvalue weighted by Gasteiger charge is 2.30. The quantitative estimate of drug-likeness (QED) is 0.818. The molecule has 2 N–H and O–H groups in total. The number of para-hydroxylation sites is 1. The molecule has 3 amide bonds. The summed E-state index contributed by atoms with van der Waals surface area (Å²) in [6, 6.07) is 14.2. The van der Waals surface area contributed by atoms with Crippen LogP contribution < -0.4 is 15.4 Å². The molecule has 1 atom stereocenters. The molecule has 25 heavy (non-hydrogen) atoms. The summed E-state index contributed by atoms with van der Waals surface area (Å²) < 4.78 is 5.19. The monoisotopic (exact) mass is 338 g/mol. The fourth-order valence-corrected chi connectivity index (χ4v) is 2.81. The minimum atomic E-state index is -0.318. The van der Waals surface area contributed by atoms with E-state index in [0.29, 0.717) is 23.4 Å². The van der Waals surface area contributed by atoms with Crippen molar-refractivity contribution in [3.05, 3.63) is 59.7 Å². The molecule has 3 rings (SSSR count). The lowest BCUT2D eigenvalue weighted by molar-refractivity contribution is -0.125. The van der Waals surface area contributed by atoms with Crippen LogP contribution in [0.15, 0.2) is 48.5 Å².